The van der Waals surface area contributed by atoms with Crippen LogP contribution in [0.15, 0.2) is 30.3 Å². The summed E-state index contributed by atoms with van der Waals surface area (Å²) in [7, 11) is -3.32. The van der Waals surface area contributed by atoms with Gasteiger partial charge in [0.25, 0.3) is 0 Å². The summed E-state index contributed by atoms with van der Waals surface area (Å²) in [6.45, 7) is 0.744. The number of amides is 1. The van der Waals surface area contributed by atoms with E-state index in [1.807, 2.05) is 35.2 Å². The van der Waals surface area contributed by atoms with Crippen molar-refractivity contribution in [2.24, 2.45) is 5.92 Å². The highest BCUT2D eigenvalue weighted by atomic mass is 32.2. The topological polar surface area (TPSA) is 54.5 Å². The van der Waals surface area contributed by atoms with E-state index in [9.17, 15) is 13.2 Å². The lowest BCUT2D eigenvalue weighted by Crippen LogP contribution is -2.42. The number of hydrogen-bond acceptors (Lipinski definition) is 3. The predicted molar refractivity (Wildman–Crippen MR) is 95.5 cm³/mol. The van der Waals surface area contributed by atoms with Gasteiger partial charge in [-0.1, -0.05) is 43.2 Å². The van der Waals surface area contributed by atoms with Crippen LogP contribution in [0.5, 0.6) is 0 Å². The van der Waals surface area contributed by atoms with E-state index >= 15 is 0 Å². The molecule has 2 aliphatic rings. The highest BCUT2D eigenvalue weighted by Crippen LogP contribution is 2.36. The Morgan fingerprint density at radius 1 is 1.08 bits per heavy atom. The van der Waals surface area contributed by atoms with Gasteiger partial charge in [0.2, 0.25) is 5.91 Å². The van der Waals surface area contributed by atoms with E-state index < -0.39 is 9.84 Å². The number of sulfone groups is 1. The fourth-order valence-corrected chi connectivity index (χ4v) is 5.47. The van der Waals surface area contributed by atoms with Crippen LogP contribution < -0.4 is 0 Å². The van der Waals surface area contributed by atoms with Gasteiger partial charge in [0.05, 0.1) is 5.75 Å². The van der Waals surface area contributed by atoms with E-state index in [2.05, 4.69) is 0 Å². The second-order valence-corrected chi connectivity index (χ2v) is 9.35. The number of carbonyl (C=O) groups excluding carboxylic acids is 1. The van der Waals surface area contributed by atoms with E-state index in [0.717, 1.165) is 37.8 Å². The standard InChI is InChI=1S/C19H27NO3S/c21-19(20-13-12-17-10-4-5-11-18(17)20)15-24(22,23)14-6-9-16-7-2-1-3-8-16/h1-3,7-8,17-18H,4-6,9-15H2. The fourth-order valence-electron chi connectivity index (χ4n) is 4.20. The van der Waals surface area contributed by atoms with E-state index in [-0.39, 0.29) is 17.4 Å². The highest BCUT2D eigenvalue weighted by Gasteiger charge is 2.38. The summed E-state index contributed by atoms with van der Waals surface area (Å²) in [5.41, 5.74) is 1.14. The van der Waals surface area contributed by atoms with Gasteiger partial charge >= 0.3 is 0 Å². The molecule has 0 N–H and O–H groups in total. The van der Waals surface area contributed by atoms with Crippen molar-refractivity contribution < 1.29 is 13.2 Å². The Hall–Kier alpha value is -1.36. The molecule has 1 amide bonds. The van der Waals surface area contributed by atoms with E-state index in [1.165, 1.54) is 12.8 Å². The van der Waals surface area contributed by atoms with Crippen LogP contribution in [-0.2, 0) is 21.1 Å². The van der Waals surface area contributed by atoms with Crippen molar-refractivity contribution in [1.82, 2.24) is 4.90 Å². The molecule has 2 unspecified atom stereocenters. The third-order valence-corrected chi connectivity index (χ3v) is 7.03. The number of fused-ring (bicyclic) bond motifs is 1. The molecule has 5 heteroatoms. The lowest BCUT2D eigenvalue weighted by atomic mass is 9.85. The summed E-state index contributed by atoms with van der Waals surface area (Å²) in [4.78, 5) is 14.4. The molecule has 0 aromatic heterocycles. The van der Waals surface area contributed by atoms with Gasteiger partial charge in [0.1, 0.15) is 5.75 Å². The van der Waals surface area contributed by atoms with Gasteiger partial charge < -0.3 is 4.90 Å². The van der Waals surface area contributed by atoms with Gasteiger partial charge in [0.15, 0.2) is 9.84 Å². The smallest absolute Gasteiger partial charge is 0.238 e. The molecule has 0 radical (unpaired) electrons. The third-order valence-electron chi connectivity index (χ3n) is 5.44. The molecule has 1 aromatic carbocycles. The van der Waals surface area contributed by atoms with Gasteiger partial charge in [-0.3, -0.25) is 4.79 Å². The van der Waals surface area contributed by atoms with Crippen LogP contribution in [0.2, 0.25) is 0 Å². The average Bonchev–Trinajstić information content (AvgIpc) is 2.99. The van der Waals surface area contributed by atoms with Gasteiger partial charge in [-0.15, -0.1) is 0 Å². The molecule has 0 bridgehead atoms. The van der Waals surface area contributed by atoms with Crippen LogP contribution in [-0.4, -0.2) is 43.3 Å². The second kappa shape index (κ2) is 7.68. The third kappa shape index (κ3) is 4.38. The molecule has 1 aliphatic heterocycles. The summed E-state index contributed by atoms with van der Waals surface area (Å²) < 4.78 is 24.6. The van der Waals surface area contributed by atoms with Crippen LogP contribution in [0.1, 0.15) is 44.1 Å². The van der Waals surface area contributed by atoms with Gasteiger partial charge in [-0.2, -0.15) is 0 Å². The number of rotatable bonds is 6. The van der Waals surface area contributed by atoms with Crippen LogP contribution in [0.25, 0.3) is 0 Å². The van der Waals surface area contributed by atoms with Crippen LogP contribution >= 0.6 is 0 Å². The Morgan fingerprint density at radius 2 is 1.83 bits per heavy atom. The normalized spacial score (nSPS) is 23.9. The SMILES string of the molecule is O=C(CS(=O)(=O)CCCc1ccccc1)N1CCC2CCCCC21. The Bertz CT molecular complexity index is 656. The minimum atomic E-state index is -3.32. The van der Waals surface area contributed by atoms with Gasteiger partial charge in [0, 0.05) is 12.6 Å². The number of carbonyl (C=O) groups is 1. The number of aryl methyl sites for hydroxylation is 1. The molecule has 1 saturated carbocycles. The zero-order chi connectivity index (χ0) is 17.0. The molecular formula is C19H27NO3S. The Labute approximate surface area is 145 Å². The van der Waals surface area contributed by atoms with Crippen molar-refractivity contribution in [1.29, 1.82) is 0 Å². The summed E-state index contributed by atoms with van der Waals surface area (Å²) in [5, 5.41) is 0. The molecular weight excluding hydrogens is 322 g/mol. The molecule has 2 atom stereocenters. The maximum absolute atomic E-state index is 12.5. The Balaban J connectivity index is 1.49. The van der Waals surface area contributed by atoms with Crippen molar-refractivity contribution in [2.75, 3.05) is 18.1 Å². The summed E-state index contributed by atoms with van der Waals surface area (Å²) in [5.74, 6) is 0.202. The van der Waals surface area contributed by atoms with Crippen molar-refractivity contribution in [3.05, 3.63) is 35.9 Å². The van der Waals surface area contributed by atoms with Crippen LogP contribution in [0.4, 0.5) is 0 Å². The van der Waals surface area contributed by atoms with Crippen molar-refractivity contribution in [3.63, 3.8) is 0 Å². The first-order valence-corrected chi connectivity index (χ1v) is 10.9. The number of hydrogen-bond donors (Lipinski definition) is 0. The molecule has 3 rings (SSSR count). The highest BCUT2D eigenvalue weighted by molar-refractivity contribution is 7.92. The monoisotopic (exact) mass is 349 g/mol. The van der Waals surface area contributed by atoms with Crippen molar-refractivity contribution >= 4 is 15.7 Å². The first-order valence-electron chi connectivity index (χ1n) is 9.09. The molecule has 1 aliphatic carbocycles. The average molecular weight is 349 g/mol. The lowest BCUT2D eigenvalue weighted by Gasteiger charge is -2.31. The molecule has 1 aromatic rings. The molecule has 1 saturated heterocycles. The van der Waals surface area contributed by atoms with Crippen LogP contribution in [0, 0.1) is 5.92 Å². The predicted octanol–water partition coefficient (Wildman–Crippen LogP) is 2.83. The van der Waals surface area contributed by atoms with Gasteiger partial charge in [-0.25, -0.2) is 8.42 Å². The maximum Gasteiger partial charge on any atom is 0.238 e. The Kier molecular flexibility index (Phi) is 5.59. The van der Waals surface area contributed by atoms with Crippen LogP contribution in [0.3, 0.4) is 0 Å². The minimum absolute atomic E-state index is 0.0928. The van der Waals surface area contributed by atoms with Crippen molar-refractivity contribution in [2.45, 2.75) is 51.0 Å². The molecule has 4 nitrogen and oxygen atoms in total. The van der Waals surface area contributed by atoms with E-state index in [4.69, 9.17) is 0 Å². The first kappa shape index (κ1) is 17.5. The maximum atomic E-state index is 12.5. The van der Waals surface area contributed by atoms with E-state index in [1.54, 1.807) is 0 Å². The first-order chi connectivity index (χ1) is 11.6. The summed E-state index contributed by atoms with van der Waals surface area (Å²) in [6, 6.07) is 10.2. The largest absolute Gasteiger partial charge is 0.339 e. The number of benzene rings is 1. The molecule has 2 fully saturated rings. The second-order valence-electron chi connectivity index (χ2n) is 7.17. The molecule has 0 spiro atoms. The van der Waals surface area contributed by atoms with Gasteiger partial charge in [-0.05, 0) is 43.6 Å². The quantitative estimate of drug-likeness (QED) is 0.793. The number of nitrogens with zero attached hydrogens (tertiary/aromatic N) is 1. The van der Waals surface area contributed by atoms with E-state index in [0.29, 0.717) is 18.4 Å². The zero-order valence-electron chi connectivity index (χ0n) is 14.2. The van der Waals surface area contributed by atoms with Crippen molar-refractivity contribution in [3.8, 4) is 0 Å². The lowest BCUT2D eigenvalue weighted by molar-refractivity contribution is -0.130. The minimum Gasteiger partial charge on any atom is -0.339 e. The molecule has 24 heavy (non-hydrogen) atoms. The number of likely N-dealkylation sites (tertiary alicyclic amines) is 1. The molecule has 1 heterocycles. The summed E-state index contributed by atoms with van der Waals surface area (Å²) in [6.07, 6.45) is 7.01. The molecule has 132 valence electrons. The summed E-state index contributed by atoms with van der Waals surface area (Å²) >= 11 is 0. The fraction of sp³-hybridized carbons (Fsp3) is 0.632. The zero-order valence-corrected chi connectivity index (χ0v) is 15.0. The Morgan fingerprint density at radius 3 is 2.62 bits per heavy atom.